The first kappa shape index (κ1) is 11.3. The molecule has 1 aliphatic rings. The molecule has 0 saturated carbocycles. The van der Waals surface area contributed by atoms with Crippen LogP contribution in [0.25, 0.3) is 0 Å². The molecule has 4 nitrogen and oxygen atoms in total. The quantitative estimate of drug-likeness (QED) is 0.828. The highest BCUT2D eigenvalue weighted by atomic mass is 15.3. The van der Waals surface area contributed by atoms with E-state index in [9.17, 15) is 0 Å². The summed E-state index contributed by atoms with van der Waals surface area (Å²) >= 11 is 0. The Bertz CT molecular complexity index is 322. The van der Waals surface area contributed by atoms with Crippen molar-refractivity contribution in [2.45, 2.75) is 26.2 Å². The Morgan fingerprint density at radius 3 is 2.94 bits per heavy atom. The molecule has 4 heteroatoms. The van der Waals surface area contributed by atoms with Crippen LogP contribution in [0.3, 0.4) is 0 Å². The van der Waals surface area contributed by atoms with E-state index in [-0.39, 0.29) is 0 Å². The molecule has 1 unspecified atom stereocenters. The van der Waals surface area contributed by atoms with Crippen molar-refractivity contribution in [1.29, 1.82) is 0 Å². The normalized spacial score (nSPS) is 20.4. The largest absolute Gasteiger partial charge is 0.355 e. The summed E-state index contributed by atoms with van der Waals surface area (Å²) in [6, 6.07) is 4.15. The third-order valence-electron chi connectivity index (χ3n) is 3.25. The van der Waals surface area contributed by atoms with Gasteiger partial charge < -0.3 is 10.6 Å². The van der Waals surface area contributed by atoms with E-state index >= 15 is 0 Å². The zero-order valence-corrected chi connectivity index (χ0v) is 9.89. The summed E-state index contributed by atoms with van der Waals surface area (Å²) in [6.45, 7) is 5.05. The van der Waals surface area contributed by atoms with Crippen LogP contribution in [-0.4, -0.2) is 29.8 Å². The number of nitrogens with two attached hydrogens (primary N) is 1. The molecule has 0 aromatic carbocycles. The number of rotatable bonds is 4. The zero-order valence-electron chi connectivity index (χ0n) is 9.89. The van der Waals surface area contributed by atoms with Gasteiger partial charge in [-0.2, -0.15) is 5.10 Å². The number of aryl methyl sites for hydroxylation is 1. The fourth-order valence-electron chi connectivity index (χ4n) is 2.22. The van der Waals surface area contributed by atoms with Gasteiger partial charge in [-0.1, -0.05) is 6.92 Å². The van der Waals surface area contributed by atoms with Gasteiger partial charge in [0.25, 0.3) is 0 Å². The fourth-order valence-corrected chi connectivity index (χ4v) is 2.22. The molecule has 0 spiro atoms. The minimum Gasteiger partial charge on any atom is -0.355 e. The lowest BCUT2D eigenvalue weighted by Gasteiger charge is -2.16. The Balaban J connectivity index is 1.97. The molecule has 1 aliphatic heterocycles. The van der Waals surface area contributed by atoms with Crippen molar-refractivity contribution in [2.75, 3.05) is 24.5 Å². The number of hydrogen-bond donors (Lipinski definition) is 1. The molecule has 1 saturated heterocycles. The maximum absolute atomic E-state index is 5.58. The Labute approximate surface area is 96.9 Å². The van der Waals surface area contributed by atoms with Gasteiger partial charge in [0.2, 0.25) is 0 Å². The second-order valence-corrected chi connectivity index (χ2v) is 4.41. The molecule has 0 aliphatic carbocycles. The lowest BCUT2D eigenvalue weighted by atomic mass is 10.1. The van der Waals surface area contributed by atoms with E-state index in [2.05, 4.69) is 34.2 Å². The Hall–Kier alpha value is -1.16. The van der Waals surface area contributed by atoms with Crippen LogP contribution < -0.4 is 10.6 Å². The van der Waals surface area contributed by atoms with E-state index in [1.165, 1.54) is 6.42 Å². The highest BCUT2D eigenvalue weighted by Gasteiger charge is 2.22. The summed E-state index contributed by atoms with van der Waals surface area (Å²) < 4.78 is 0. The molecule has 1 aromatic heterocycles. The molecule has 0 amide bonds. The molecule has 2 rings (SSSR count). The first-order valence-electron chi connectivity index (χ1n) is 6.11. The average molecular weight is 220 g/mol. The third-order valence-corrected chi connectivity index (χ3v) is 3.25. The summed E-state index contributed by atoms with van der Waals surface area (Å²) in [7, 11) is 0. The number of nitrogens with zero attached hydrogens (tertiary/aromatic N) is 3. The van der Waals surface area contributed by atoms with E-state index in [1.807, 2.05) is 0 Å². The minimum atomic E-state index is 0.734. The smallest absolute Gasteiger partial charge is 0.151 e. The van der Waals surface area contributed by atoms with Crippen LogP contribution in [0.5, 0.6) is 0 Å². The summed E-state index contributed by atoms with van der Waals surface area (Å²) in [5, 5.41) is 8.47. The van der Waals surface area contributed by atoms with E-state index < -0.39 is 0 Å². The summed E-state index contributed by atoms with van der Waals surface area (Å²) in [4.78, 5) is 2.31. The van der Waals surface area contributed by atoms with Crippen molar-refractivity contribution in [3.05, 3.63) is 17.8 Å². The summed E-state index contributed by atoms with van der Waals surface area (Å²) in [5.41, 5.74) is 6.64. The molecule has 1 atom stereocenters. The predicted molar refractivity (Wildman–Crippen MR) is 65.4 cm³/mol. The number of hydrogen-bond acceptors (Lipinski definition) is 4. The molecule has 1 aromatic rings. The minimum absolute atomic E-state index is 0.734. The second kappa shape index (κ2) is 5.25. The number of anilines is 1. The topological polar surface area (TPSA) is 55.0 Å². The first-order valence-corrected chi connectivity index (χ1v) is 6.11. The van der Waals surface area contributed by atoms with Crippen molar-refractivity contribution >= 4 is 5.82 Å². The SMILES string of the molecule is CCc1ccc(N2CCC(CCN)C2)nn1. The van der Waals surface area contributed by atoms with E-state index in [4.69, 9.17) is 5.73 Å². The van der Waals surface area contributed by atoms with Crippen molar-refractivity contribution in [3.8, 4) is 0 Å². The van der Waals surface area contributed by atoms with Gasteiger partial charge in [-0.15, -0.1) is 5.10 Å². The van der Waals surface area contributed by atoms with Gasteiger partial charge in [-0.05, 0) is 43.9 Å². The molecular formula is C12H20N4. The van der Waals surface area contributed by atoms with Crippen molar-refractivity contribution < 1.29 is 0 Å². The molecule has 88 valence electrons. The monoisotopic (exact) mass is 220 g/mol. The highest BCUT2D eigenvalue weighted by molar-refractivity contribution is 5.38. The Morgan fingerprint density at radius 1 is 1.44 bits per heavy atom. The predicted octanol–water partition coefficient (Wildman–Crippen LogP) is 1.21. The van der Waals surface area contributed by atoms with Crippen LogP contribution in [0.4, 0.5) is 5.82 Å². The molecular weight excluding hydrogens is 200 g/mol. The maximum Gasteiger partial charge on any atom is 0.151 e. The van der Waals surface area contributed by atoms with Crippen molar-refractivity contribution in [1.82, 2.24) is 10.2 Å². The van der Waals surface area contributed by atoms with Crippen LogP contribution in [0.1, 0.15) is 25.5 Å². The molecule has 0 bridgehead atoms. The van der Waals surface area contributed by atoms with Gasteiger partial charge in [0, 0.05) is 13.1 Å². The summed E-state index contributed by atoms with van der Waals surface area (Å²) in [5.74, 6) is 1.74. The lowest BCUT2D eigenvalue weighted by Crippen LogP contribution is -2.22. The molecule has 2 N–H and O–H groups in total. The van der Waals surface area contributed by atoms with Gasteiger partial charge in [0.15, 0.2) is 5.82 Å². The first-order chi connectivity index (χ1) is 7.83. The van der Waals surface area contributed by atoms with Crippen molar-refractivity contribution in [2.24, 2.45) is 11.7 Å². The van der Waals surface area contributed by atoms with Gasteiger partial charge in [-0.3, -0.25) is 0 Å². The highest BCUT2D eigenvalue weighted by Crippen LogP contribution is 2.23. The van der Waals surface area contributed by atoms with E-state index in [0.717, 1.165) is 49.9 Å². The molecule has 16 heavy (non-hydrogen) atoms. The zero-order chi connectivity index (χ0) is 11.4. The van der Waals surface area contributed by atoms with Crippen LogP contribution in [0.2, 0.25) is 0 Å². The Morgan fingerprint density at radius 2 is 2.31 bits per heavy atom. The maximum atomic E-state index is 5.58. The van der Waals surface area contributed by atoms with Crippen molar-refractivity contribution in [3.63, 3.8) is 0 Å². The standard InChI is InChI=1S/C12H20N4/c1-2-11-3-4-12(15-14-11)16-8-6-10(9-16)5-7-13/h3-4,10H,2,5-9,13H2,1H3. The lowest BCUT2D eigenvalue weighted by molar-refractivity contribution is 0.546. The van der Waals surface area contributed by atoms with E-state index in [1.54, 1.807) is 0 Å². The van der Waals surface area contributed by atoms with E-state index in [0.29, 0.717) is 0 Å². The van der Waals surface area contributed by atoms with Crippen LogP contribution in [-0.2, 0) is 6.42 Å². The fraction of sp³-hybridized carbons (Fsp3) is 0.667. The molecule has 1 fully saturated rings. The van der Waals surface area contributed by atoms with Crippen LogP contribution >= 0.6 is 0 Å². The van der Waals surface area contributed by atoms with Crippen LogP contribution in [0.15, 0.2) is 12.1 Å². The Kier molecular flexibility index (Phi) is 3.72. The molecule has 2 heterocycles. The van der Waals surface area contributed by atoms with Crippen LogP contribution in [0, 0.1) is 5.92 Å². The summed E-state index contributed by atoms with van der Waals surface area (Å²) in [6.07, 6.45) is 3.30. The van der Waals surface area contributed by atoms with Gasteiger partial charge in [0.1, 0.15) is 0 Å². The second-order valence-electron chi connectivity index (χ2n) is 4.41. The van der Waals surface area contributed by atoms with Gasteiger partial charge in [0.05, 0.1) is 5.69 Å². The van der Waals surface area contributed by atoms with Gasteiger partial charge >= 0.3 is 0 Å². The third kappa shape index (κ3) is 2.50. The van der Waals surface area contributed by atoms with Gasteiger partial charge in [-0.25, -0.2) is 0 Å². The molecule has 0 radical (unpaired) electrons. The average Bonchev–Trinajstić information content (AvgIpc) is 2.78. The number of aromatic nitrogens is 2.